The fourth-order valence-electron chi connectivity index (χ4n) is 5.73. The van der Waals surface area contributed by atoms with Gasteiger partial charge in [0.15, 0.2) is 0 Å². The molecular formula is C31H44N4O4. The number of carbonyl (C=O) groups excluding carboxylic acids is 2. The molecule has 2 aliphatic rings. The lowest BCUT2D eigenvalue weighted by atomic mass is 9.89. The van der Waals surface area contributed by atoms with E-state index in [0.29, 0.717) is 23.7 Å². The molecule has 2 aromatic carbocycles. The van der Waals surface area contributed by atoms with Crippen LogP contribution in [-0.4, -0.2) is 72.3 Å². The number of aliphatic hydroxyl groups is 1. The summed E-state index contributed by atoms with van der Waals surface area (Å²) in [6.45, 7) is 6.22. The number of likely N-dealkylation sites (N-methyl/N-ethyl adjacent to an activating group) is 1. The normalized spacial score (nSPS) is 21.3. The highest BCUT2D eigenvalue weighted by molar-refractivity contribution is 5.99. The molecule has 0 spiro atoms. The third-order valence-corrected chi connectivity index (χ3v) is 7.99. The molecule has 1 saturated carbocycles. The van der Waals surface area contributed by atoms with Crippen LogP contribution in [0.15, 0.2) is 48.5 Å². The number of benzene rings is 2. The summed E-state index contributed by atoms with van der Waals surface area (Å²) in [6.07, 6.45) is 6.56. The number of ether oxygens (including phenoxy) is 1. The van der Waals surface area contributed by atoms with Crippen molar-refractivity contribution < 1.29 is 19.4 Å². The van der Waals surface area contributed by atoms with Gasteiger partial charge in [-0.25, -0.2) is 4.79 Å². The number of nitrogens with one attached hydrogen (secondary N) is 2. The minimum atomic E-state index is -0.358. The standard InChI is InChI=1S/C31H44N4O4/c1-22-18-35(23(2)21-36)30(37)17-25-16-27(33-31(38)32-26-12-8-5-9-13-26)14-15-28(25)39-29(22)20-34(3)19-24-10-6-4-7-11-24/h5,8-9,12-16,22-24,29,36H,4,6-7,10-11,17-21H2,1-3H3,(H2,32,33,38)/t22-,23-,29-/m1/s1. The highest BCUT2D eigenvalue weighted by Crippen LogP contribution is 2.30. The van der Waals surface area contributed by atoms with Crippen LogP contribution in [0.25, 0.3) is 0 Å². The van der Waals surface area contributed by atoms with Gasteiger partial charge in [0.25, 0.3) is 0 Å². The lowest BCUT2D eigenvalue weighted by Gasteiger charge is -2.35. The number of hydrogen-bond donors (Lipinski definition) is 3. The molecule has 3 atom stereocenters. The van der Waals surface area contributed by atoms with Gasteiger partial charge in [-0.1, -0.05) is 44.4 Å². The van der Waals surface area contributed by atoms with Gasteiger partial charge in [-0.15, -0.1) is 0 Å². The van der Waals surface area contributed by atoms with Gasteiger partial charge in [-0.3, -0.25) is 4.79 Å². The summed E-state index contributed by atoms with van der Waals surface area (Å²) >= 11 is 0. The van der Waals surface area contributed by atoms with Crippen LogP contribution in [-0.2, 0) is 11.2 Å². The Hall–Kier alpha value is -3.10. The Labute approximate surface area is 232 Å². The van der Waals surface area contributed by atoms with Crippen molar-refractivity contribution in [2.75, 3.05) is 43.9 Å². The van der Waals surface area contributed by atoms with E-state index >= 15 is 0 Å². The number of hydrogen-bond acceptors (Lipinski definition) is 5. The number of anilines is 2. The van der Waals surface area contributed by atoms with Crippen LogP contribution < -0.4 is 15.4 Å². The Kier molecular flexibility index (Phi) is 10.2. The monoisotopic (exact) mass is 536 g/mol. The molecular weight excluding hydrogens is 492 g/mol. The first-order valence-electron chi connectivity index (χ1n) is 14.3. The number of urea groups is 1. The molecule has 2 aromatic rings. The first-order valence-corrected chi connectivity index (χ1v) is 14.3. The van der Waals surface area contributed by atoms with Crippen molar-refractivity contribution in [3.05, 3.63) is 54.1 Å². The number of rotatable bonds is 8. The van der Waals surface area contributed by atoms with Crippen molar-refractivity contribution in [2.24, 2.45) is 11.8 Å². The van der Waals surface area contributed by atoms with Crippen LogP contribution in [0.5, 0.6) is 5.75 Å². The largest absolute Gasteiger partial charge is 0.488 e. The van der Waals surface area contributed by atoms with E-state index in [1.807, 2.05) is 55.5 Å². The van der Waals surface area contributed by atoms with E-state index in [4.69, 9.17) is 4.74 Å². The lowest BCUT2D eigenvalue weighted by Crippen LogP contribution is -2.48. The second-order valence-corrected chi connectivity index (χ2v) is 11.4. The van der Waals surface area contributed by atoms with Gasteiger partial charge in [-0.2, -0.15) is 0 Å². The number of amides is 3. The summed E-state index contributed by atoms with van der Waals surface area (Å²) in [5, 5.41) is 15.6. The smallest absolute Gasteiger partial charge is 0.323 e. The molecule has 39 heavy (non-hydrogen) atoms. The van der Waals surface area contributed by atoms with E-state index in [1.165, 1.54) is 32.1 Å². The van der Waals surface area contributed by atoms with Crippen LogP contribution >= 0.6 is 0 Å². The van der Waals surface area contributed by atoms with Gasteiger partial charge < -0.3 is 30.3 Å². The molecule has 1 fully saturated rings. The highest BCUT2D eigenvalue weighted by Gasteiger charge is 2.31. The van der Waals surface area contributed by atoms with Crippen molar-refractivity contribution in [3.63, 3.8) is 0 Å². The Morgan fingerprint density at radius 2 is 1.79 bits per heavy atom. The van der Waals surface area contributed by atoms with E-state index < -0.39 is 0 Å². The summed E-state index contributed by atoms with van der Waals surface area (Å²) in [7, 11) is 2.16. The third kappa shape index (κ3) is 8.19. The highest BCUT2D eigenvalue weighted by atomic mass is 16.5. The topological polar surface area (TPSA) is 94.1 Å². The number of para-hydroxylation sites is 1. The Balaban J connectivity index is 1.53. The molecule has 0 unspecified atom stereocenters. The van der Waals surface area contributed by atoms with Gasteiger partial charge in [0.05, 0.1) is 19.1 Å². The molecule has 8 heteroatoms. The van der Waals surface area contributed by atoms with E-state index in [0.717, 1.165) is 24.6 Å². The van der Waals surface area contributed by atoms with Crippen molar-refractivity contribution in [2.45, 2.75) is 64.5 Å². The SMILES string of the molecule is C[C@@H]1CN([C@H](C)CO)C(=O)Cc2cc(NC(=O)Nc3ccccc3)ccc2O[C@@H]1CN(C)CC1CCCCC1. The average Bonchev–Trinajstić information content (AvgIpc) is 2.97. The van der Waals surface area contributed by atoms with Crippen LogP contribution in [0.4, 0.5) is 16.2 Å². The van der Waals surface area contributed by atoms with E-state index in [-0.39, 0.29) is 43.0 Å². The minimum Gasteiger partial charge on any atom is -0.488 e. The maximum Gasteiger partial charge on any atom is 0.323 e. The first-order chi connectivity index (χ1) is 18.8. The van der Waals surface area contributed by atoms with Gasteiger partial charge in [-0.05, 0) is 63.1 Å². The average molecular weight is 537 g/mol. The third-order valence-electron chi connectivity index (χ3n) is 7.99. The van der Waals surface area contributed by atoms with Crippen LogP contribution in [0, 0.1) is 11.8 Å². The maximum atomic E-state index is 13.4. The molecule has 8 nitrogen and oxygen atoms in total. The summed E-state index contributed by atoms with van der Waals surface area (Å²) in [5.74, 6) is 1.40. The van der Waals surface area contributed by atoms with E-state index in [1.54, 1.807) is 4.90 Å². The number of aliphatic hydroxyl groups excluding tert-OH is 1. The first kappa shape index (κ1) is 28.9. The number of nitrogens with zero attached hydrogens (tertiary/aromatic N) is 2. The van der Waals surface area contributed by atoms with Crippen LogP contribution in [0.2, 0.25) is 0 Å². The molecule has 3 N–H and O–H groups in total. The molecule has 0 radical (unpaired) electrons. The van der Waals surface area contributed by atoms with Crippen molar-refractivity contribution in [1.82, 2.24) is 9.80 Å². The van der Waals surface area contributed by atoms with Gasteiger partial charge in [0, 0.05) is 42.5 Å². The molecule has 0 saturated heterocycles. The molecule has 0 aromatic heterocycles. The second-order valence-electron chi connectivity index (χ2n) is 11.4. The zero-order chi connectivity index (χ0) is 27.8. The maximum absolute atomic E-state index is 13.4. The van der Waals surface area contributed by atoms with Gasteiger partial charge in [0.2, 0.25) is 5.91 Å². The van der Waals surface area contributed by atoms with Crippen molar-refractivity contribution in [1.29, 1.82) is 0 Å². The van der Waals surface area contributed by atoms with E-state index in [2.05, 4.69) is 29.5 Å². The van der Waals surface area contributed by atoms with Gasteiger partial charge in [0.1, 0.15) is 11.9 Å². The van der Waals surface area contributed by atoms with E-state index in [9.17, 15) is 14.7 Å². The number of fused-ring (bicyclic) bond motifs is 1. The molecule has 1 heterocycles. The summed E-state index contributed by atoms with van der Waals surface area (Å²) < 4.78 is 6.64. The Morgan fingerprint density at radius 3 is 2.51 bits per heavy atom. The Bertz CT molecular complexity index is 1090. The fourth-order valence-corrected chi connectivity index (χ4v) is 5.73. The molecule has 0 bridgehead atoms. The summed E-state index contributed by atoms with van der Waals surface area (Å²) in [5.41, 5.74) is 2.00. The summed E-state index contributed by atoms with van der Waals surface area (Å²) in [4.78, 5) is 30.2. The van der Waals surface area contributed by atoms with Crippen molar-refractivity contribution in [3.8, 4) is 5.75 Å². The molecule has 3 amide bonds. The lowest BCUT2D eigenvalue weighted by molar-refractivity contribution is -0.134. The fraction of sp³-hybridized carbons (Fsp3) is 0.548. The van der Waals surface area contributed by atoms with Crippen molar-refractivity contribution >= 4 is 23.3 Å². The molecule has 4 rings (SSSR count). The molecule has 212 valence electrons. The summed E-state index contributed by atoms with van der Waals surface area (Å²) in [6, 6.07) is 14.1. The predicted octanol–water partition coefficient (Wildman–Crippen LogP) is 4.99. The van der Waals surface area contributed by atoms with Crippen LogP contribution in [0.1, 0.15) is 51.5 Å². The zero-order valence-corrected chi connectivity index (χ0v) is 23.6. The second kappa shape index (κ2) is 13.8. The van der Waals surface area contributed by atoms with Crippen LogP contribution in [0.3, 0.4) is 0 Å². The minimum absolute atomic E-state index is 0.0599. The zero-order valence-electron chi connectivity index (χ0n) is 23.6. The predicted molar refractivity (Wildman–Crippen MR) is 155 cm³/mol. The Morgan fingerprint density at radius 1 is 1.08 bits per heavy atom. The molecule has 1 aliphatic heterocycles. The van der Waals surface area contributed by atoms with Gasteiger partial charge >= 0.3 is 6.03 Å². The quantitative estimate of drug-likeness (QED) is 0.442. The number of carbonyl (C=O) groups is 2. The molecule has 1 aliphatic carbocycles.